The van der Waals surface area contributed by atoms with E-state index >= 15 is 0 Å². The molecule has 3 rings (SSSR count). The predicted molar refractivity (Wildman–Crippen MR) is 102 cm³/mol. The van der Waals surface area contributed by atoms with Gasteiger partial charge in [0.1, 0.15) is 17.3 Å². The standard InChI is InChI=1S/C20H22F2N4O/c21-13-8-6-12(7-9-13)17-15-4-1-5-16(22)18(15)26-19(17)20(27)25-11-14(24)3-2-10-23/h1,4-9,14,26H,2-3,10-11,23-24H2,(H,25,27)/t14-/m0/s1. The molecule has 1 amide bonds. The Labute approximate surface area is 155 Å². The Hall–Kier alpha value is -2.77. The minimum absolute atomic E-state index is 0.215. The van der Waals surface area contributed by atoms with Crippen molar-refractivity contribution in [1.29, 1.82) is 0 Å². The maximum atomic E-state index is 14.2. The summed E-state index contributed by atoms with van der Waals surface area (Å²) in [5, 5.41) is 3.33. The zero-order chi connectivity index (χ0) is 19.4. The zero-order valence-electron chi connectivity index (χ0n) is 14.8. The van der Waals surface area contributed by atoms with Gasteiger partial charge in [0.2, 0.25) is 0 Å². The lowest BCUT2D eigenvalue weighted by molar-refractivity contribution is 0.0947. The van der Waals surface area contributed by atoms with Crippen LogP contribution in [0, 0.1) is 11.6 Å². The molecule has 0 bridgehead atoms. The molecule has 0 aliphatic rings. The van der Waals surface area contributed by atoms with Crippen molar-refractivity contribution in [1.82, 2.24) is 10.3 Å². The molecule has 0 aliphatic heterocycles. The fourth-order valence-electron chi connectivity index (χ4n) is 3.06. The van der Waals surface area contributed by atoms with Crippen LogP contribution in [0.15, 0.2) is 42.5 Å². The van der Waals surface area contributed by atoms with Crippen LogP contribution in [0.1, 0.15) is 23.3 Å². The number of para-hydroxylation sites is 1. The predicted octanol–water partition coefficient (Wildman–Crippen LogP) is 2.91. The second kappa shape index (κ2) is 8.28. The number of aromatic amines is 1. The van der Waals surface area contributed by atoms with Gasteiger partial charge in [-0.1, -0.05) is 24.3 Å². The first-order valence-corrected chi connectivity index (χ1v) is 8.81. The second-order valence-electron chi connectivity index (χ2n) is 6.45. The molecule has 142 valence electrons. The molecule has 0 unspecified atom stereocenters. The van der Waals surface area contributed by atoms with Crippen LogP contribution in [0.25, 0.3) is 22.0 Å². The van der Waals surface area contributed by atoms with E-state index < -0.39 is 11.7 Å². The van der Waals surface area contributed by atoms with Crippen LogP contribution in [0.4, 0.5) is 8.78 Å². The molecule has 0 saturated carbocycles. The maximum Gasteiger partial charge on any atom is 0.268 e. The Balaban J connectivity index is 1.96. The fraction of sp³-hybridized carbons (Fsp3) is 0.250. The van der Waals surface area contributed by atoms with Gasteiger partial charge in [0.15, 0.2) is 0 Å². The molecule has 1 atom stereocenters. The highest BCUT2D eigenvalue weighted by Crippen LogP contribution is 2.33. The summed E-state index contributed by atoms with van der Waals surface area (Å²) in [5.41, 5.74) is 13.0. The van der Waals surface area contributed by atoms with E-state index in [9.17, 15) is 13.6 Å². The number of carbonyl (C=O) groups excluding carboxylic acids is 1. The van der Waals surface area contributed by atoms with Crippen molar-refractivity contribution >= 4 is 16.8 Å². The van der Waals surface area contributed by atoms with Crippen LogP contribution in [0.2, 0.25) is 0 Å². The summed E-state index contributed by atoms with van der Waals surface area (Å²) in [5.74, 6) is -1.25. The molecule has 0 fully saturated rings. The Morgan fingerprint density at radius 2 is 1.89 bits per heavy atom. The number of nitrogens with two attached hydrogens (primary N) is 2. The number of hydrogen-bond acceptors (Lipinski definition) is 3. The Kier molecular flexibility index (Phi) is 5.83. The summed E-state index contributed by atoms with van der Waals surface area (Å²) in [6.45, 7) is 0.817. The Morgan fingerprint density at radius 1 is 1.15 bits per heavy atom. The first kappa shape index (κ1) is 19.0. The molecule has 6 N–H and O–H groups in total. The molecular weight excluding hydrogens is 350 g/mol. The Bertz CT molecular complexity index is 937. The van der Waals surface area contributed by atoms with E-state index in [-0.39, 0.29) is 29.6 Å². The maximum absolute atomic E-state index is 14.2. The SMILES string of the molecule is NCCC[C@H](N)CNC(=O)c1[nH]c2c(F)cccc2c1-c1ccc(F)cc1. The van der Waals surface area contributed by atoms with Crippen LogP contribution >= 0.6 is 0 Å². The van der Waals surface area contributed by atoms with Crippen LogP contribution in [0.3, 0.4) is 0 Å². The largest absolute Gasteiger partial charge is 0.349 e. The number of hydrogen-bond donors (Lipinski definition) is 4. The number of aromatic nitrogens is 1. The number of rotatable bonds is 7. The zero-order valence-corrected chi connectivity index (χ0v) is 14.8. The third-order valence-corrected chi connectivity index (χ3v) is 4.45. The van der Waals surface area contributed by atoms with Crippen LogP contribution in [-0.4, -0.2) is 30.0 Å². The number of carbonyl (C=O) groups is 1. The summed E-state index contributed by atoms with van der Waals surface area (Å²) in [6, 6.07) is 10.1. The minimum atomic E-state index is -0.463. The molecule has 7 heteroatoms. The molecule has 1 heterocycles. The number of H-pyrrole nitrogens is 1. The van der Waals surface area contributed by atoms with Crippen molar-refractivity contribution in [2.45, 2.75) is 18.9 Å². The van der Waals surface area contributed by atoms with Gasteiger partial charge < -0.3 is 21.8 Å². The van der Waals surface area contributed by atoms with E-state index in [1.165, 1.54) is 18.2 Å². The van der Waals surface area contributed by atoms with Crippen molar-refractivity contribution in [2.75, 3.05) is 13.1 Å². The number of nitrogens with one attached hydrogen (secondary N) is 2. The van der Waals surface area contributed by atoms with Gasteiger partial charge in [-0.2, -0.15) is 0 Å². The number of amides is 1. The summed E-state index contributed by atoms with van der Waals surface area (Å²) < 4.78 is 27.5. The Morgan fingerprint density at radius 3 is 2.59 bits per heavy atom. The molecule has 3 aromatic rings. The smallest absolute Gasteiger partial charge is 0.268 e. The highest BCUT2D eigenvalue weighted by atomic mass is 19.1. The van der Waals surface area contributed by atoms with Crippen molar-refractivity contribution in [3.63, 3.8) is 0 Å². The van der Waals surface area contributed by atoms with Crippen molar-refractivity contribution in [3.05, 3.63) is 59.8 Å². The molecular formula is C20H22F2N4O. The lowest BCUT2D eigenvalue weighted by Crippen LogP contribution is -2.37. The highest BCUT2D eigenvalue weighted by Gasteiger charge is 2.21. The first-order valence-electron chi connectivity index (χ1n) is 8.81. The van der Waals surface area contributed by atoms with Crippen LogP contribution < -0.4 is 16.8 Å². The van der Waals surface area contributed by atoms with Gasteiger partial charge in [-0.05, 0) is 43.1 Å². The highest BCUT2D eigenvalue weighted by molar-refractivity contribution is 6.09. The van der Waals surface area contributed by atoms with Crippen LogP contribution in [0.5, 0.6) is 0 Å². The van der Waals surface area contributed by atoms with E-state index in [1.807, 2.05) is 0 Å². The summed E-state index contributed by atoms with van der Waals surface area (Å²) >= 11 is 0. The number of benzene rings is 2. The van der Waals surface area contributed by atoms with E-state index in [0.29, 0.717) is 29.5 Å². The molecule has 0 spiro atoms. The van der Waals surface area contributed by atoms with Gasteiger partial charge in [-0.15, -0.1) is 0 Å². The van der Waals surface area contributed by atoms with Crippen molar-refractivity contribution < 1.29 is 13.6 Å². The summed E-state index contributed by atoms with van der Waals surface area (Å²) in [4.78, 5) is 15.6. The van der Waals surface area contributed by atoms with E-state index in [2.05, 4.69) is 10.3 Å². The number of fused-ring (bicyclic) bond motifs is 1. The normalized spacial score (nSPS) is 12.3. The molecule has 5 nitrogen and oxygen atoms in total. The van der Waals surface area contributed by atoms with E-state index in [0.717, 1.165) is 6.42 Å². The summed E-state index contributed by atoms with van der Waals surface area (Å²) in [7, 11) is 0. The quantitative estimate of drug-likeness (QED) is 0.513. The molecule has 2 aromatic carbocycles. The van der Waals surface area contributed by atoms with Gasteiger partial charge in [0, 0.05) is 23.5 Å². The third-order valence-electron chi connectivity index (χ3n) is 4.45. The fourth-order valence-corrected chi connectivity index (χ4v) is 3.06. The van der Waals surface area contributed by atoms with E-state index in [1.54, 1.807) is 24.3 Å². The van der Waals surface area contributed by atoms with Crippen molar-refractivity contribution in [2.24, 2.45) is 11.5 Å². The van der Waals surface area contributed by atoms with Crippen LogP contribution in [-0.2, 0) is 0 Å². The topological polar surface area (TPSA) is 96.9 Å². The molecule has 0 saturated heterocycles. The summed E-state index contributed by atoms with van der Waals surface area (Å²) in [6.07, 6.45) is 1.47. The molecule has 0 aliphatic carbocycles. The van der Waals surface area contributed by atoms with Crippen molar-refractivity contribution in [3.8, 4) is 11.1 Å². The second-order valence-corrected chi connectivity index (χ2v) is 6.45. The van der Waals surface area contributed by atoms with Gasteiger partial charge in [-0.25, -0.2) is 8.78 Å². The van der Waals surface area contributed by atoms with Gasteiger partial charge in [-0.3, -0.25) is 4.79 Å². The third kappa shape index (κ3) is 4.15. The van der Waals surface area contributed by atoms with Gasteiger partial charge in [0.25, 0.3) is 5.91 Å². The average Bonchev–Trinajstić information content (AvgIpc) is 3.06. The van der Waals surface area contributed by atoms with E-state index in [4.69, 9.17) is 11.5 Å². The molecule has 27 heavy (non-hydrogen) atoms. The lowest BCUT2D eigenvalue weighted by atomic mass is 10.0. The van der Waals surface area contributed by atoms with Gasteiger partial charge >= 0.3 is 0 Å². The monoisotopic (exact) mass is 372 g/mol. The number of halogens is 2. The molecule has 1 aromatic heterocycles. The minimum Gasteiger partial charge on any atom is -0.349 e. The average molecular weight is 372 g/mol. The molecule has 0 radical (unpaired) electrons. The first-order chi connectivity index (χ1) is 13.0. The van der Waals surface area contributed by atoms with Gasteiger partial charge in [0.05, 0.1) is 5.52 Å². The lowest BCUT2D eigenvalue weighted by Gasteiger charge is -2.12.